The van der Waals surface area contributed by atoms with Crippen molar-refractivity contribution < 1.29 is 19.5 Å². The van der Waals surface area contributed by atoms with Crippen molar-refractivity contribution in [1.82, 2.24) is 4.98 Å². The Hall–Kier alpha value is -3.91. The van der Waals surface area contributed by atoms with Gasteiger partial charge in [0.1, 0.15) is 5.25 Å². The van der Waals surface area contributed by atoms with Gasteiger partial charge in [-0.1, -0.05) is 30.3 Å². The molecular weight excluding hydrogens is 414 g/mol. The first-order chi connectivity index (χ1) is 15.0. The molecule has 3 rings (SSSR count). The van der Waals surface area contributed by atoms with E-state index in [1.165, 1.54) is 11.8 Å². The minimum absolute atomic E-state index is 0.168. The minimum atomic E-state index is -1.20. The first-order valence-corrected chi connectivity index (χ1v) is 10.1. The van der Waals surface area contributed by atoms with Crippen LogP contribution in [0.4, 0.5) is 11.4 Å². The quantitative estimate of drug-likeness (QED) is 0.364. The van der Waals surface area contributed by atoms with E-state index in [4.69, 9.17) is 5.11 Å². The number of rotatable bonds is 8. The molecule has 3 N–H and O–H groups in total. The Bertz CT molecular complexity index is 1070. The Morgan fingerprint density at radius 1 is 0.839 bits per heavy atom. The number of carbonyl (C=O) groups excluding carboxylic acids is 2. The van der Waals surface area contributed by atoms with Gasteiger partial charge in [0.05, 0.1) is 0 Å². The standard InChI is InChI=1S/C23H19N3O4S/c27-20(10-11-21(28)29)25-17-6-8-19(9-7-17)31-22(16-4-2-1-3-5-16)23(30)26-18-12-14-24-15-13-18/h1-15,22H,(H,25,27)(H,28,29)(H,24,26,30)/b11-10+. The Balaban J connectivity index is 1.73. The van der Waals surface area contributed by atoms with E-state index in [-0.39, 0.29) is 5.91 Å². The van der Waals surface area contributed by atoms with E-state index in [2.05, 4.69) is 15.6 Å². The molecule has 7 nitrogen and oxygen atoms in total. The number of carboxylic acids is 1. The van der Waals surface area contributed by atoms with Crippen LogP contribution in [0.5, 0.6) is 0 Å². The van der Waals surface area contributed by atoms with Crippen molar-refractivity contribution in [3.63, 3.8) is 0 Å². The molecule has 0 aliphatic heterocycles. The van der Waals surface area contributed by atoms with Gasteiger partial charge in [-0.15, -0.1) is 11.8 Å². The maximum atomic E-state index is 13.0. The van der Waals surface area contributed by atoms with Crippen molar-refractivity contribution in [2.24, 2.45) is 0 Å². The van der Waals surface area contributed by atoms with Crippen molar-refractivity contribution in [1.29, 1.82) is 0 Å². The summed E-state index contributed by atoms with van der Waals surface area (Å²) in [6.45, 7) is 0. The Labute approximate surface area is 183 Å². The SMILES string of the molecule is O=C(O)/C=C/C(=O)Nc1ccc(SC(C(=O)Nc2ccncc2)c2ccccc2)cc1. The van der Waals surface area contributed by atoms with Crippen LogP contribution in [0.2, 0.25) is 0 Å². The van der Waals surface area contributed by atoms with E-state index < -0.39 is 17.1 Å². The van der Waals surface area contributed by atoms with Gasteiger partial charge in [0, 0.05) is 40.8 Å². The van der Waals surface area contributed by atoms with Gasteiger partial charge in [-0.3, -0.25) is 14.6 Å². The van der Waals surface area contributed by atoms with Crippen molar-refractivity contribution in [3.8, 4) is 0 Å². The molecule has 2 aromatic carbocycles. The molecule has 1 aromatic heterocycles. The number of amides is 2. The number of aliphatic carboxylic acids is 1. The van der Waals surface area contributed by atoms with Crippen molar-refractivity contribution in [2.45, 2.75) is 10.1 Å². The van der Waals surface area contributed by atoms with Crippen LogP contribution < -0.4 is 10.6 Å². The molecule has 0 aliphatic carbocycles. The van der Waals surface area contributed by atoms with Crippen molar-refractivity contribution in [2.75, 3.05) is 10.6 Å². The van der Waals surface area contributed by atoms with Crippen LogP contribution in [0, 0.1) is 0 Å². The van der Waals surface area contributed by atoms with Gasteiger partial charge >= 0.3 is 5.97 Å². The molecule has 3 aromatic rings. The molecule has 0 saturated carbocycles. The average Bonchev–Trinajstić information content (AvgIpc) is 2.78. The highest BCUT2D eigenvalue weighted by atomic mass is 32.2. The molecule has 0 radical (unpaired) electrons. The number of carbonyl (C=O) groups is 3. The lowest BCUT2D eigenvalue weighted by Gasteiger charge is -2.17. The lowest BCUT2D eigenvalue weighted by Crippen LogP contribution is -2.19. The van der Waals surface area contributed by atoms with E-state index in [9.17, 15) is 14.4 Å². The number of benzene rings is 2. The summed E-state index contributed by atoms with van der Waals surface area (Å²) in [4.78, 5) is 40.0. The average molecular weight is 433 g/mol. The number of carboxylic acid groups (broad SMARTS) is 1. The van der Waals surface area contributed by atoms with Gasteiger partial charge < -0.3 is 15.7 Å². The number of anilines is 2. The third-order valence-electron chi connectivity index (χ3n) is 4.04. The summed E-state index contributed by atoms with van der Waals surface area (Å²) >= 11 is 1.38. The van der Waals surface area contributed by atoms with Gasteiger partial charge in [-0.05, 0) is 42.0 Å². The van der Waals surface area contributed by atoms with E-state index in [0.29, 0.717) is 11.4 Å². The van der Waals surface area contributed by atoms with Crippen LogP contribution in [0.15, 0.2) is 96.2 Å². The fourth-order valence-corrected chi connectivity index (χ4v) is 3.65. The second-order valence-electron chi connectivity index (χ2n) is 6.32. The Morgan fingerprint density at radius 2 is 1.48 bits per heavy atom. The summed E-state index contributed by atoms with van der Waals surface area (Å²) in [6, 6.07) is 19.9. The monoisotopic (exact) mass is 433 g/mol. The van der Waals surface area contributed by atoms with E-state index in [1.54, 1.807) is 48.8 Å². The van der Waals surface area contributed by atoms with Gasteiger partial charge in [-0.2, -0.15) is 0 Å². The molecule has 156 valence electrons. The number of nitrogens with one attached hydrogen (secondary N) is 2. The van der Waals surface area contributed by atoms with Gasteiger partial charge in [0.15, 0.2) is 0 Å². The smallest absolute Gasteiger partial charge is 0.328 e. The first-order valence-electron chi connectivity index (χ1n) is 9.26. The fourth-order valence-electron chi connectivity index (χ4n) is 2.63. The zero-order valence-electron chi connectivity index (χ0n) is 16.3. The number of aromatic nitrogens is 1. The van der Waals surface area contributed by atoms with Crippen LogP contribution in [0.1, 0.15) is 10.8 Å². The number of nitrogens with zero attached hydrogens (tertiary/aromatic N) is 1. The molecule has 0 aliphatic rings. The first kappa shape index (κ1) is 21.8. The van der Waals surface area contributed by atoms with Crippen molar-refractivity contribution in [3.05, 3.63) is 96.8 Å². The van der Waals surface area contributed by atoms with Crippen LogP contribution in [-0.4, -0.2) is 27.9 Å². The molecule has 31 heavy (non-hydrogen) atoms. The summed E-state index contributed by atoms with van der Waals surface area (Å²) in [5.74, 6) is -1.90. The molecule has 8 heteroatoms. The highest BCUT2D eigenvalue weighted by Crippen LogP contribution is 2.36. The zero-order chi connectivity index (χ0) is 22.1. The Morgan fingerprint density at radius 3 is 2.13 bits per heavy atom. The van der Waals surface area contributed by atoms with E-state index in [1.807, 2.05) is 30.3 Å². The molecule has 2 amide bonds. The molecule has 1 heterocycles. The lowest BCUT2D eigenvalue weighted by molar-refractivity contribution is -0.131. The third kappa shape index (κ3) is 6.83. The van der Waals surface area contributed by atoms with Gasteiger partial charge in [0.25, 0.3) is 0 Å². The Kier molecular flexibility index (Phi) is 7.56. The summed E-state index contributed by atoms with van der Waals surface area (Å²) in [6.07, 6.45) is 4.93. The third-order valence-corrected chi connectivity index (χ3v) is 5.31. The minimum Gasteiger partial charge on any atom is -0.478 e. The summed E-state index contributed by atoms with van der Waals surface area (Å²) < 4.78 is 0. The van der Waals surface area contributed by atoms with Crippen LogP contribution in [-0.2, 0) is 14.4 Å². The predicted molar refractivity (Wildman–Crippen MR) is 120 cm³/mol. The van der Waals surface area contributed by atoms with Crippen LogP contribution >= 0.6 is 11.8 Å². The van der Waals surface area contributed by atoms with Crippen molar-refractivity contribution >= 4 is 40.9 Å². The number of pyridine rings is 1. The summed E-state index contributed by atoms with van der Waals surface area (Å²) in [7, 11) is 0. The van der Waals surface area contributed by atoms with E-state index >= 15 is 0 Å². The second kappa shape index (κ2) is 10.7. The van der Waals surface area contributed by atoms with E-state index in [0.717, 1.165) is 22.6 Å². The topological polar surface area (TPSA) is 108 Å². The highest BCUT2D eigenvalue weighted by molar-refractivity contribution is 8.00. The number of thioether (sulfide) groups is 1. The van der Waals surface area contributed by atoms with Crippen LogP contribution in [0.25, 0.3) is 0 Å². The largest absolute Gasteiger partial charge is 0.478 e. The molecule has 0 fully saturated rings. The highest BCUT2D eigenvalue weighted by Gasteiger charge is 2.22. The fraction of sp³-hybridized carbons (Fsp3) is 0.0435. The molecule has 0 bridgehead atoms. The maximum Gasteiger partial charge on any atom is 0.328 e. The second-order valence-corrected chi connectivity index (χ2v) is 7.50. The molecule has 1 atom stereocenters. The molecule has 0 spiro atoms. The normalized spacial score (nSPS) is 11.6. The summed E-state index contributed by atoms with van der Waals surface area (Å²) in [5, 5.41) is 13.6. The number of hydrogen-bond acceptors (Lipinski definition) is 5. The lowest BCUT2D eigenvalue weighted by atomic mass is 10.1. The van der Waals surface area contributed by atoms with Gasteiger partial charge in [0.2, 0.25) is 11.8 Å². The number of hydrogen-bond donors (Lipinski definition) is 3. The molecule has 1 unspecified atom stereocenters. The van der Waals surface area contributed by atoms with Crippen LogP contribution in [0.3, 0.4) is 0 Å². The zero-order valence-corrected chi connectivity index (χ0v) is 17.1. The van der Waals surface area contributed by atoms with Gasteiger partial charge in [-0.25, -0.2) is 4.79 Å². The molecule has 0 saturated heterocycles. The molecular formula is C23H19N3O4S. The predicted octanol–water partition coefficient (Wildman–Crippen LogP) is 4.13. The summed E-state index contributed by atoms with van der Waals surface area (Å²) in [5.41, 5.74) is 2.03. The maximum absolute atomic E-state index is 13.0.